The SMILES string of the molecule is CCN(CC1CCCO1)c1cc(NC)nc(C)n1. The van der Waals surface area contributed by atoms with Crippen molar-refractivity contribution in [3.8, 4) is 0 Å². The summed E-state index contributed by atoms with van der Waals surface area (Å²) in [6.07, 6.45) is 2.67. The first kappa shape index (κ1) is 13.1. The van der Waals surface area contributed by atoms with E-state index in [4.69, 9.17) is 4.74 Å². The Bertz CT molecular complexity index is 391. The van der Waals surface area contributed by atoms with Crippen LogP contribution in [0.5, 0.6) is 0 Å². The lowest BCUT2D eigenvalue weighted by Gasteiger charge is -2.25. The quantitative estimate of drug-likeness (QED) is 0.864. The molecule has 1 N–H and O–H groups in total. The molecule has 5 nitrogen and oxygen atoms in total. The lowest BCUT2D eigenvalue weighted by atomic mass is 10.2. The van der Waals surface area contributed by atoms with Crippen molar-refractivity contribution in [1.82, 2.24) is 9.97 Å². The Morgan fingerprint density at radius 3 is 2.94 bits per heavy atom. The highest BCUT2D eigenvalue weighted by Gasteiger charge is 2.19. The molecule has 18 heavy (non-hydrogen) atoms. The molecule has 0 aliphatic carbocycles. The van der Waals surface area contributed by atoms with E-state index in [9.17, 15) is 0 Å². The van der Waals surface area contributed by atoms with Crippen molar-refractivity contribution in [2.24, 2.45) is 0 Å². The Kier molecular flexibility index (Phi) is 4.36. The number of likely N-dealkylation sites (N-methyl/N-ethyl adjacent to an activating group) is 1. The largest absolute Gasteiger partial charge is 0.376 e. The highest BCUT2D eigenvalue weighted by molar-refractivity contribution is 5.49. The van der Waals surface area contributed by atoms with Gasteiger partial charge in [0, 0.05) is 32.8 Å². The first-order chi connectivity index (χ1) is 8.72. The minimum atomic E-state index is 0.346. The van der Waals surface area contributed by atoms with Crippen LogP contribution in [0.3, 0.4) is 0 Å². The van der Waals surface area contributed by atoms with Gasteiger partial charge >= 0.3 is 0 Å². The highest BCUT2D eigenvalue weighted by Crippen LogP contribution is 2.19. The molecule has 0 spiro atoms. The fourth-order valence-corrected chi connectivity index (χ4v) is 2.26. The molecule has 5 heteroatoms. The summed E-state index contributed by atoms with van der Waals surface area (Å²) in [5.74, 6) is 2.63. The van der Waals surface area contributed by atoms with Crippen molar-refractivity contribution in [3.63, 3.8) is 0 Å². The minimum absolute atomic E-state index is 0.346. The number of aromatic nitrogens is 2. The van der Waals surface area contributed by atoms with Gasteiger partial charge in [-0.1, -0.05) is 0 Å². The van der Waals surface area contributed by atoms with Gasteiger partial charge in [0.05, 0.1) is 6.10 Å². The summed E-state index contributed by atoms with van der Waals surface area (Å²) in [6, 6.07) is 1.99. The molecule has 2 rings (SSSR count). The maximum atomic E-state index is 5.69. The van der Waals surface area contributed by atoms with E-state index >= 15 is 0 Å². The third-order valence-electron chi connectivity index (χ3n) is 3.23. The molecule has 1 aliphatic rings. The van der Waals surface area contributed by atoms with Gasteiger partial charge in [-0.15, -0.1) is 0 Å². The summed E-state index contributed by atoms with van der Waals surface area (Å²) in [4.78, 5) is 11.1. The van der Waals surface area contributed by atoms with E-state index in [0.717, 1.165) is 43.6 Å². The van der Waals surface area contributed by atoms with Crippen LogP contribution in [0.15, 0.2) is 6.07 Å². The Morgan fingerprint density at radius 2 is 2.33 bits per heavy atom. The van der Waals surface area contributed by atoms with E-state index in [0.29, 0.717) is 6.10 Å². The average Bonchev–Trinajstić information content (AvgIpc) is 2.88. The molecule has 0 radical (unpaired) electrons. The molecule has 0 aromatic carbocycles. The molecule has 1 aliphatic heterocycles. The monoisotopic (exact) mass is 250 g/mol. The number of nitrogens with zero attached hydrogens (tertiary/aromatic N) is 3. The molecule has 0 bridgehead atoms. The number of nitrogens with one attached hydrogen (secondary N) is 1. The van der Waals surface area contributed by atoms with Crippen LogP contribution in [0.25, 0.3) is 0 Å². The first-order valence-electron chi connectivity index (χ1n) is 6.63. The van der Waals surface area contributed by atoms with Crippen molar-refractivity contribution < 1.29 is 4.74 Å². The zero-order valence-corrected chi connectivity index (χ0v) is 11.4. The lowest BCUT2D eigenvalue weighted by Crippen LogP contribution is -2.32. The van der Waals surface area contributed by atoms with E-state index in [1.165, 1.54) is 6.42 Å². The molecule has 1 fully saturated rings. The molecule has 2 heterocycles. The van der Waals surface area contributed by atoms with Crippen LogP contribution in [-0.4, -0.2) is 42.8 Å². The molecule has 1 atom stereocenters. The smallest absolute Gasteiger partial charge is 0.134 e. The fourth-order valence-electron chi connectivity index (χ4n) is 2.26. The Hall–Kier alpha value is -1.36. The van der Waals surface area contributed by atoms with Crippen LogP contribution in [0.4, 0.5) is 11.6 Å². The Morgan fingerprint density at radius 1 is 1.50 bits per heavy atom. The molecule has 0 saturated carbocycles. The first-order valence-corrected chi connectivity index (χ1v) is 6.63. The van der Waals surface area contributed by atoms with Crippen LogP contribution in [0.1, 0.15) is 25.6 Å². The molecular formula is C13H22N4O. The third-order valence-corrected chi connectivity index (χ3v) is 3.23. The standard InChI is InChI=1S/C13H22N4O/c1-4-17(9-11-6-5-7-18-11)13-8-12(14-3)15-10(2)16-13/h8,11H,4-7,9H2,1-3H3,(H,14,15,16). The number of anilines is 2. The summed E-state index contributed by atoms with van der Waals surface area (Å²) in [5.41, 5.74) is 0. The van der Waals surface area contributed by atoms with Crippen molar-refractivity contribution in [3.05, 3.63) is 11.9 Å². The second-order valence-electron chi connectivity index (χ2n) is 4.58. The number of hydrogen-bond acceptors (Lipinski definition) is 5. The molecule has 1 aromatic heterocycles. The highest BCUT2D eigenvalue weighted by atomic mass is 16.5. The molecule has 1 saturated heterocycles. The summed E-state index contributed by atoms with van der Waals surface area (Å²) in [5, 5.41) is 3.07. The minimum Gasteiger partial charge on any atom is -0.376 e. The van der Waals surface area contributed by atoms with E-state index in [1.54, 1.807) is 0 Å². The summed E-state index contributed by atoms with van der Waals surface area (Å²) >= 11 is 0. The fraction of sp³-hybridized carbons (Fsp3) is 0.692. The normalized spacial score (nSPS) is 18.9. The maximum Gasteiger partial charge on any atom is 0.134 e. The van der Waals surface area contributed by atoms with Crippen LogP contribution in [0, 0.1) is 6.92 Å². The summed E-state index contributed by atoms with van der Waals surface area (Å²) in [7, 11) is 1.88. The van der Waals surface area contributed by atoms with Crippen molar-refractivity contribution in [1.29, 1.82) is 0 Å². The molecule has 1 unspecified atom stereocenters. The van der Waals surface area contributed by atoms with Crippen LogP contribution in [-0.2, 0) is 4.74 Å². The average molecular weight is 250 g/mol. The van der Waals surface area contributed by atoms with E-state index < -0.39 is 0 Å². The lowest BCUT2D eigenvalue weighted by molar-refractivity contribution is 0.115. The molecular weight excluding hydrogens is 228 g/mol. The number of ether oxygens (including phenoxy) is 1. The number of rotatable bonds is 5. The third kappa shape index (κ3) is 3.10. The van der Waals surface area contributed by atoms with Crippen molar-refractivity contribution in [2.75, 3.05) is 37.0 Å². The van der Waals surface area contributed by atoms with Gasteiger partial charge in [-0.05, 0) is 26.7 Å². The maximum absolute atomic E-state index is 5.69. The molecule has 1 aromatic rings. The van der Waals surface area contributed by atoms with Gasteiger partial charge in [0.25, 0.3) is 0 Å². The van der Waals surface area contributed by atoms with Gasteiger partial charge in [0.2, 0.25) is 0 Å². The van der Waals surface area contributed by atoms with Crippen molar-refractivity contribution >= 4 is 11.6 Å². The van der Waals surface area contributed by atoms with Crippen LogP contribution >= 0.6 is 0 Å². The summed E-state index contributed by atoms with van der Waals surface area (Å²) < 4.78 is 5.69. The second kappa shape index (κ2) is 6.00. The van der Waals surface area contributed by atoms with Crippen LogP contribution < -0.4 is 10.2 Å². The van der Waals surface area contributed by atoms with Crippen molar-refractivity contribution in [2.45, 2.75) is 32.8 Å². The van der Waals surface area contributed by atoms with Gasteiger partial charge in [0.15, 0.2) is 0 Å². The van der Waals surface area contributed by atoms with Gasteiger partial charge in [-0.2, -0.15) is 0 Å². The number of hydrogen-bond donors (Lipinski definition) is 1. The van der Waals surface area contributed by atoms with E-state index in [-0.39, 0.29) is 0 Å². The molecule has 0 amide bonds. The van der Waals surface area contributed by atoms with Gasteiger partial charge in [0.1, 0.15) is 17.5 Å². The molecule has 100 valence electrons. The van der Waals surface area contributed by atoms with Gasteiger partial charge < -0.3 is 15.0 Å². The zero-order valence-electron chi connectivity index (χ0n) is 11.4. The zero-order chi connectivity index (χ0) is 13.0. The van der Waals surface area contributed by atoms with Gasteiger partial charge in [-0.3, -0.25) is 0 Å². The van der Waals surface area contributed by atoms with E-state index in [1.807, 2.05) is 20.0 Å². The topological polar surface area (TPSA) is 50.3 Å². The van der Waals surface area contributed by atoms with E-state index in [2.05, 4.69) is 27.1 Å². The van der Waals surface area contributed by atoms with Gasteiger partial charge in [-0.25, -0.2) is 9.97 Å². The summed E-state index contributed by atoms with van der Waals surface area (Å²) in [6.45, 7) is 6.80. The second-order valence-corrected chi connectivity index (χ2v) is 4.58. The van der Waals surface area contributed by atoms with Crippen LogP contribution in [0.2, 0.25) is 0 Å². The predicted octanol–water partition coefficient (Wildman–Crippen LogP) is 1.83. The Labute approximate surface area is 109 Å². The number of aryl methyl sites for hydroxylation is 1. The Balaban J connectivity index is 2.12. The predicted molar refractivity (Wildman–Crippen MR) is 73.2 cm³/mol.